The van der Waals surface area contributed by atoms with Gasteiger partial charge in [-0.3, -0.25) is 4.79 Å². The van der Waals surface area contributed by atoms with Crippen LogP contribution >= 0.6 is 23.1 Å². The number of aryl methyl sites for hydroxylation is 2. The summed E-state index contributed by atoms with van der Waals surface area (Å²) in [5.41, 5.74) is 2.17. The molecule has 0 saturated heterocycles. The van der Waals surface area contributed by atoms with Crippen molar-refractivity contribution in [2.24, 2.45) is 0 Å². The van der Waals surface area contributed by atoms with E-state index < -0.39 is 0 Å². The lowest BCUT2D eigenvalue weighted by Crippen LogP contribution is -2.14. The van der Waals surface area contributed by atoms with Gasteiger partial charge in [0, 0.05) is 6.42 Å². The van der Waals surface area contributed by atoms with Gasteiger partial charge in [0.25, 0.3) is 0 Å². The standard InChI is InChI=1S/C18H19N3O2S2/c1-3-14-9-19-16(23-14)11-24-17-10-20-18(25-17)21-15(22)8-13-6-4-12(2)5-7-13/h4-7,9-10H,3,8,11H2,1-2H3,(H,20,21,22). The summed E-state index contributed by atoms with van der Waals surface area (Å²) >= 11 is 3.06. The Bertz CT molecular complexity index is 840. The minimum atomic E-state index is -0.0601. The zero-order valence-corrected chi connectivity index (χ0v) is 15.7. The average Bonchev–Trinajstić information content (AvgIpc) is 3.24. The van der Waals surface area contributed by atoms with Crippen LogP contribution in [0.1, 0.15) is 29.7 Å². The first-order valence-electron chi connectivity index (χ1n) is 8.00. The van der Waals surface area contributed by atoms with Crippen molar-refractivity contribution in [1.82, 2.24) is 9.97 Å². The molecule has 5 nitrogen and oxygen atoms in total. The van der Waals surface area contributed by atoms with E-state index in [0.717, 1.165) is 22.0 Å². The van der Waals surface area contributed by atoms with Gasteiger partial charge in [0.1, 0.15) is 5.76 Å². The van der Waals surface area contributed by atoms with Crippen LogP contribution in [0.5, 0.6) is 0 Å². The fraction of sp³-hybridized carbons (Fsp3) is 0.278. The molecule has 1 amide bonds. The third kappa shape index (κ3) is 5.17. The number of thiazole rings is 1. The molecule has 2 aromatic heterocycles. The predicted octanol–water partition coefficient (Wildman–Crippen LogP) is 4.48. The van der Waals surface area contributed by atoms with E-state index in [1.807, 2.05) is 38.1 Å². The van der Waals surface area contributed by atoms with E-state index in [0.29, 0.717) is 23.2 Å². The molecule has 25 heavy (non-hydrogen) atoms. The molecule has 0 aliphatic rings. The van der Waals surface area contributed by atoms with Crippen molar-refractivity contribution in [2.75, 3.05) is 5.32 Å². The van der Waals surface area contributed by atoms with Crippen molar-refractivity contribution < 1.29 is 9.21 Å². The molecule has 0 unspecified atom stereocenters. The normalized spacial score (nSPS) is 10.8. The smallest absolute Gasteiger partial charge is 0.230 e. The maximum Gasteiger partial charge on any atom is 0.230 e. The highest BCUT2D eigenvalue weighted by Crippen LogP contribution is 2.30. The lowest BCUT2D eigenvalue weighted by molar-refractivity contribution is -0.115. The Balaban J connectivity index is 1.50. The molecule has 0 saturated carbocycles. The van der Waals surface area contributed by atoms with Crippen molar-refractivity contribution in [1.29, 1.82) is 0 Å². The zero-order chi connectivity index (χ0) is 17.6. The van der Waals surface area contributed by atoms with E-state index in [-0.39, 0.29) is 5.91 Å². The Labute approximate surface area is 154 Å². The lowest BCUT2D eigenvalue weighted by Gasteiger charge is -2.02. The van der Waals surface area contributed by atoms with Gasteiger partial charge >= 0.3 is 0 Å². The van der Waals surface area contributed by atoms with Crippen LogP contribution in [0.3, 0.4) is 0 Å². The Hall–Kier alpha value is -2.12. The Kier molecular flexibility index (Phi) is 5.88. The summed E-state index contributed by atoms with van der Waals surface area (Å²) < 4.78 is 6.60. The molecule has 0 aliphatic heterocycles. The fourth-order valence-electron chi connectivity index (χ4n) is 2.15. The second-order valence-corrected chi connectivity index (χ2v) is 7.86. The number of nitrogens with zero attached hydrogens (tertiary/aromatic N) is 2. The highest BCUT2D eigenvalue weighted by molar-refractivity contribution is 8.00. The van der Waals surface area contributed by atoms with E-state index in [9.17, 15) is 4.79 Å². The molecule has 0 bridgehead atoms. The molecule has 3 rings (SSSR count). The number of benzene rings is 1. The summed E-state index contributed by atoms with van der Waals surface area (Å²) in [7, 11) is 0. The van der Waals surface area contributed by atoms with Crippen LogP contribution in [-0.4, -0.2) is 15.9 Å². The number of aromatic nitrogens is 2. The van der Waals surface area contributed by atoms with Crippen LogP contribution in [-0.2, 0) is 23.4 Å². The summed E-state index contributed by atoms with van der Waals surface area (Å²) in [5, 5.41) is 3.47. The third-order valence-corrected chi connectivity index (χ3v) is 5.60. The number of hydrogen-bond acceptors (Lipinski definition) is 6. The second kappa shape index (κ2) is 8.31. The van der Waals surface area contributed by atoms with Gasteiger partial charge in [-0.15, -0.1) is 11.8 Å². The summed E-state index contributed by atoms with van der Waals surface area (Å²) in [6, 6.07) is 7.96. The topological polar surface area (TPSA) is 68.0 Å². The van der Waals surface area contributed by atoms with Crippen molar-refractivity contribution in [3.8, 4) is 0 Å². The Morgan fingerprint density at radius 1 is 1.24 bits per heavy atom. The van der Waals surface area contributed by atoms with Gasteiger partial charge < -0.3 is 9.73 Å². The lowest BCUT2D eigenvalue weighted by atomic mass is 10.1. The molecule has 0 atom stereocenters. The van der Waals surface area contributed by atoms with E-state index in [1.54, 1.807) is 24.2 Å². The molecule has 1 aromatic carbocycles. The maximum atomic E-state index is 12.1. The van der Waals surface area contributed by atoms with Crippen molar-refractivity contribution in [3.05, 3.63) is 59.4 Å². The summed E-state index contributed by atoms with van der Waals surface area (Å²) in [5.74, 6) is 2.19. The van der Waals surface area contributed by atoms with Crippen LogP contribution in [0.4, 0.5) is 5.13 Å². The highest BCUT2D eigenvalue weighted by atomic mass is 32.2. The molecule has 1 N–H and O–H groups in total. The first-order valence-corrected chi connectivity index (χ1v) is 9.80. The highest BCUT2D eigenvalue weighted by Gasteiger charge is 2.09. The number of carbonyl (C=O) groups excluding carboxylic acids is 1. The van der Waals surface area contributed by atoms with E-state index in [2.05, 4.69) is 15.3 Å². The molecule has 3 aromatic rings. The van der Waals surface area contributed by atoms with E-state index in [1.165, 1.54) is 16.9 Å². The minimum absolute atomic E-state index is 0.0601. The molecule has 7 heteroatoms. The van der Waals surface area contributed by atoms with Crippen LogP contribution in [0, 0.1) is 6.92 Å². The Morgan fingerprint density at radius 3 is 2.76 bits per heavy atom. The van der Waals surface area contributed by atoms with Gasteiger partial charge in [-0.05, 0) is 12.5 Å². The van der Waals surface area contributed by atoms with Crippen molar-refractivity contribution in [2.45, 2.75) is 36.7 Å². The van der Waals surface area contributed by atoms with Crippen molar-refractivity contribution >= 4 is 34.1 Å². The number of nitrogens with one attached hydrogen (secondary N) is 1. The van der Waals surface area contributed by atoms with Gasteiger partial charge in [0.15, 0.2) is 5.13 Å². The third-order valence-electron chi connectivity index (χ3n) is 3.50. The molecule has 2 heterocycles. The van der Waals surface area contributed by atoms with Crippen molar-refractivity contribution in [3.63, 3.8) is 0 Å². The largest absolute Gasteiger partial charge is 0.445 e. The fourth-order valence-corrected chi connectivity index (χ4v) is 3.89. The second-order valence-electron chi connectivity index (χ2n) is 5.56. The average molecular weight is 374 g/mol. The molecular formula is C18H19N3O2S2. The molecular weight excluding hydrogens is 354 g/mol. The van der Waals surface area contributed by atoms with Crippen LogP contribution in [0.2, 0.25) is 0 Å². The zero-order valence-electron chi connectivity index (χ0n) is 14.1. The van der Waals surface area contributed by atoms with Gasteiger partial charge in [-0.25, -0.2) is 9.97 Å². The first kappa shape index (κ1) is 17.7. The van der Waals surface area contributed by atoms with Gasteiger partial charge in [-0.2, -0.15) is 0 Å². The van der Waals surface area contributed by atoms with E-state index in [4.69, 9.17) is 4.42 Å². The Morgan fingerprint density at radius 2 is 2.04 bits per heavy atom. The number of rotatable bonds is 7. The molecule has 0 fully saturated rings. The minimum Gasteiger partial charge on any atom is -0.445 e. The van der Waals surface area contributed by atoms with Gasteiger partial charge in [-0.1, -0.05) is 48.1 Å². The maximum absolute atomic E-state index is 12.1. The van der Waals surface area contributed by atoms with Crippen LogP contribution in [0.25, 0.3) is 0 Å². The number of thioether (sulfide) groups is 1. The van der Waals surface area contributed by atoms with E-state index >= 15 is 0 Å². The molecule has 0 spiro atoms. The summed E-state index contributed by atoms with van der Waals surface area (Å²) in [6.07, 6.45) is 4.72. The SMILES string of the molecule is CCc1cnc(CSc2cnc(NC(=O)Cc3ccc(C)cc3)s2)o1. The number of carbonyl (C=O) groups is 1. The van der Waals surface area contributed by atoms with Crippen LogP contribution < -0.4 is 5.32 Å². The number of amides is 1. The predicted molar refractivity (Wildman–Crippen MR) is 101 cm³/mol. The summed E-state index contributed by atoms with van der Waals surface area (Å²) in [6.45, 7) is 4.06. The van der Waals surface area contributed by atoms with Gasteiger partial charge in [0.05, 0.1) is 28.8 Å². The summed E-state index contributed by atoms with van der Waals surface area (Å²) in [4.78, 5) is 20.6. The number of anilines is 1. The molecule has 0 aliphatic carbocycles. The quantitative estimate of drug-likeness (QED) is 0.619. The van der Waals surface area contributed by atoms with Crippen LogP contribution in [0.15, 0.2) is 45.3 Å². The number of hydrogen-bond donors (Lipinski definition) is 1. The monoisotopic (exact) mass is 373 g/mol. The first-order chi connectivity index (χ1) is 12.1. The molecule has 130 valence electrons. The number of oxazole rings is 1. The molecule has 0 radical (unpaired) electrons. The van der Waals surface area contributed by atoms with Gasteiger partial charge in [0.2, 0.25) is 11.8 Å².